The van der Waals surface area contributed by atoms with Crippen LogP contribution in [0.1, 0.15) is 25.3 Å². The number of nitrogen functional groups attached to an aromatic ring is 1. The summed E-state index contributed by atoms with van der Waals surface area (Å²) in [6.07, 6.45) is 0.700. The van der Waals surface area contributed by atoms with E-state index in [1.54, 1.807) is 12.1 Å². The Morgan fingerprint density at radius 3 is 2.55 bits per heavy atom. The van der Waals surface area contributed by atoms with Crippen LogP contribution in [-0.4, -0.2) is 29.5 Å². The standard InChI is InChI=1S/C22H21FN4O5S/c23-18-13-27(21(29)26-19(18)24)16-9-10-22(12-16,20(25)28)32-33(30,31)17-8-4-7-15(11-17)14-5-2-1-3-6-14/h1-8,11,13,16H,9-10,12H2,(H2,25,28)(H2,24,26,29). The molecule has 11 heteroatoms. The Balaban J connectivity index is 1.64. The van der Waals surface area contributed by atoms with Crippen LogP contribution in [0.3, 0.4) is 0 Å². The van der Waals surface area contributed by atoms with Gasteiger partial charge in [-0.1, -0.05) is 42.5 Å². The summed E-state index contributed by atoms with van der Waals surface area (Å²) >= 11 is 0. The summed E-state index contributed by atoms with van der Waals surface area (Å²) in [5.41, 5.74) is 9.59. The van der Waals surface area contributed by atoms with Gasteiger partial charge in [0.1, 0.15) is 0 Å². The number of primary amides is 1. The van der Waals surface area contributed by atoms with Crippen molar-refractivity contribution in [3.05, 3.63) is 77.1 Å². The molecule has 4 N–H and O–H groups in total. The number of benzene rings is 2. The van der Waals surface area contributed by atoms with Crippen molar-refractivity contribution in [1.82, 2.24) is 9.55 Å². The number of carbonyl (C=O) groups excluding carboxylic acids is 1. The Morgan fingerprint density at radius 1 is 1.15 bits per heavy atom. The van der Waals surface area contributed by atoms with E-state index in [-0.39, 0.29) is 24.2 Å². The molecule has 1 saturated carbocycles. The maximum absolute atomic E-state index is 13.9. The van der Waals surface area contributed by atoms with Crippen LogP contribution in [0.4, 0.5) is 10.2 Å². The second-order valence-electron chi connectivity index (χ2n) is 7.85. The lowest BCUT2D eigenvalue weighted by Gasteiger charge is -2.25. The molecule has 3 aromatic rings. The number of nitrogens with two attached hydrogens (primary N) is 2. The molecule has 2 unspecified atom stereocenters. The molecule has 1 aromatic heterocycles. The van der Waals surface area contributed by atoms with Gasteiger partial charge in [-0.05, 0) is 36.1 Å². The Labute approximate surface area is 188 Å². The van der Waals surface area contributed by atoms with E-state index in [1.807, 2.05) is 30.3 Å². The minimum Gasteiger partial charge on any atom is -0.381 e. The Bertz CT molecular complexity index is 1380. The highest BCUT2D eigenvalue weighted by Gasteiger charge is 2.49. The number of hydrogen-bond acceptors (Lipinski definition) is 7. The van der Waals surface area contributed by atoms with Crippen LogP contribution in [0.2, 0.25) is 0 Å². The van der Waals surface area contributed by atoms with E-state index in [1.165, 1.54) is 12.1 Å². The number of halogens is 1. The molecule has 1 aliphatic rings. The number of hydrogen-bond donors (Lipinski definition) is 2. The molecule has 1 aliphatic carbocycles. The summed E-state index contributed by atoms with van der Waals surface area (Å²) < 4.78 is 46.5. The van der Waals surface area contributed by atoms with Crippen LogP contribution in [0, 0.1) is 5.82 Å². The van der Waals surface area contributed by atoms with E-state index in [2.05, 4.69) is 4.98 Å². The minimum atomic E-state index is -4.41. The lowest BCUT2D eigenvalue weighted by Crippen LogP contribution is -2.46. The molecular formula is C22H21FN4O5S. The molecule has 0 saturated heterocycles. The molecule has 9 nitrogen and oxygen atoms in total. The van der Waals surface area contributed by atoms with E-state index in [4.69, 9.17) is 15.7 Å². The molecule has 4 rings (SSSR count). The summed E-state index contributed by atoms with van der Waals surface area (Å²) in [5.74, 6) is -2.45. The van der Waals surface area contributed by atoms with Crippen molar-refractivity contribution in [2.75, 3.05) is 5.73 Å². The molecule has 0 bridgehead atoms. The van der Waals surface area contributed by atoms with Crippen LogP contribution >= 0.6 is 0 Å². The first kappa shape index (κ1) is 22.6. The van der Waals surface area contributed by atoms with Crippen molar-refractivity contribution in [3.63, 3.8) is 0 Å². The van der Waals surface area contributed by atoms with Gasteiger partial charge in [0.05, 0.1) is 4.90 Å². The van der Waals surface area contributed by atoms with Crippen molar-refractivity contribution < 1.29 is 21.8 Å². The van der Waals surface area contributed by atoms with Crippen molar-refractivity contribution in [1.29, 1.82) is 0 Å². The molecule has 0 radical (unpaired) electrons. The van der Waals surface area contributed by atoms with Gasteiger partial charge >= 0.3 is 5.69 Å². The SMILES string of the molecule is NC(=O)C1(OS(=O)(=O)c2cccc(-c3ccccc3)c2)CCC(n2cc(F)c(N)nc2=O)C1. The van der Waals surface area contributed by atoms with Gasteiger partial charge in [-0.25, -0.2) is 13.4 Å². The minimum absolute atomic E-state index is 0.0803. The van der Waals surface area contributed by atoms with Crippen molar-refractivity contribution >= 4 is 21.8 Å². The number of carbonyl (C=O) groups is 1. The molecule has 2 atom stereocenters. The summed E-state index contributed by atoms with van der Waals surface area (Å²) in [6, 6.07) is 14.5. The second-order valence-corrected chi connectivity index (χ2v) is 9.40. The molecule has 0 aliphatic heterocycles. The van der Waals surface area contributed by atoms with Gasteiger partial charge in [0, 0.05) is 18.7 Å². The van der Waals surface area contributed by atoms with Crippen LogP contribution < -0.4 is 17.2 Å². The van der Waals surface area contributed by atoms with Crippen molar-refractivity contribution in [3.8, 4) is 11.1 Å². The number of nitrogens with zero attached hydrogens (tertiary/aromatic N) is 2. The molecule has 172 valence electrons. The maximum Gasteiger partial charge on any atom is 0.349 e. The fourth-order valence-electron chi connectivity index (χ4n) is 4.00. The quantitative estimate of drug-likeness (QED) is 0.521. The first-order valence-electron chi connectivity index (χ1n) is 10.1. The molecule has 2 aromatic carbocycles. The number of anilines is 1. The zero-order chi connectivity index (χ0) is 23.8. The Morgan fingerprint density at radius 2 is 1.85 bits per heavy atom. The zero-order valence-electron chi connectivity index (χ0n) is 17.3. The zero-order valence-corrected chi connectivity index (χ0v) is 18.2. The average molecular weight is 472 g/mol. The monoisotopic (exact) mass is 472 g/mol. The van der Waals surface area contributed by atoms with Gasteiger partial charge in [-0.2, -0.15) is 13.4 Å². The molecule has 33 heavy (non-hydrogen) atoms. The van der Waals surface area contributed by atoms with Gasteiger partial charge < -0.3 is 11.5 Å². The largest absolute Gasteiger partial charge is 0.381 e. The van der Waals surface area contributed by atoms with E-state index >= 15 is 0 Å². The van der Waals surface area contributed by atoms with Crippen molar-refractivity contribution in [2.24, 2.45) is 5.73 Å². The number of rotatable bonds is 6. The van der Waals surface area contributed by atoms with Crippen LogP contribution in [0.5, 0.6) is 0 Å². The highest BCUT2D eigenvalue weighted by atomic mass is 32.2. The predicted octanol–water partition coefficient (Wildman–Crippen LogP) is 1.99. The molecule has 1 heterocycles. The van der Waals surface area contributed by atoms with Crippen LogP contribution in [-0.2, 0) is 19.1 Å². The second kappa shape index (κ2) is 8.41. The Hall–Kier alpha value is -3.57. The summed E-state index contributed by atoms with van der Waals surface area (Å²) in [4.78, 5) is 27.8. The third-order valence-electron chi connectivity index (χ3n) is 5.72. The molecular weight excluding hydrogens is 451 g/mol. The van der Waals surface area contributed by atoms with Crippen LogP contribution in [0.25, 0.3) is 11.1 Å². The third kappa shape index (κ3) is 4.37. The predicted molar refractivity (Wildman–Crippen MR) is 118 cm³/mol. The number of aromatic nitrogens is 2. The smallest absolute Gasteiger partial charge is 0.349 e. The van der Waals surface area contributed by atoms with E-state index < -0.39 is 45.0 Å². The maximum atomic E-state index is 13.9. The lowest BCUT2D eigenvalue weighted by atomic mass is 10.0. The Kier molecular flexibility index (Phi) is 5.76. The fraction of sp³-hybridized carbons (Fsp3) is 0.227. The average Bonchev–Trinajstić information content (AvgIpc) is 3.21. The summed E-state index contributed by atoms with van der Waals surface area (Å²) in [5, 5.41) is 0. The van der Waals surface area contributed by atoms with E-state index in [9.17, 15) is 22.4 Å². The molecule has 0 spiro atoms. The van der Waals surface area contributed by atoms with Gasteiger partial charge in [0.25, 0.3) is 16.0 Å². The molecule has 1 amide bonds. The highest BCUT2D eigenvalue weighted by molar-refractivity contribution is 7.86. The van der Waals surface area contributed by atoms with Gasteiger partial charge in [0.15, 0.2) is 17.2 Å². The highest BCUT2D eigenvalue weighted by Crippen LogP contribution is 2.42. The molecule has 1 fully saturated rings. The fourth-order valence-corrected chi connectivity index (χ4v) is 5.27. The van der Waals surface area contributed by atoms with Gasteiger partial charge in [-0.3, -0.25) is 9.36 Å². The van der Waals surface area contributed by atoms with Crippen molar-refractivity contribution in [2.45, 2.75) is 35.8 Å². The topological polar surface area (TPSA) is 147 Å². The normalized spacial score (nSPS) is 20.6. The third-order valence-corrected chi connectivity index (χ3v) is 7.09. The van der Waals surface area contributed by atoms with E-state index in [0.717, 1.165) is 16.3 Å². The first-order chi connectivity index (χ1) is 15.6. The van der Waals surface area contributed by atoms with Gasteiger partial charge in [0.2, 0.25) is 0 Å². The number of amides is 1. The first-order valence-corrected chi connectivity index (χ1v) is 11.5. The van der Waals surface area contributed by atoms with Gasteiger partial charge in [-0.15, -0.1) is 0 Å². The lowest BCUT2D eigenvalue weighted by molar-refractivity contribution is -0.132. The van der Waals surface area contributed by atoms with Crippen LogP contribution in [0.15, 0.2) is 70.5 Å². The summed E-state index contributed by atoms with van der Waals surface area (Å²) in [7, 11) is -4.41. The van der Waals surface area contributed by atoms with E-state index in [0.29, 0.717) is 5.56 Å². The summed E-state index contributed by atoms with van der Waals surface area (Å²) in [6.45, 7) is 0.